The second-order valence-corrected chi connectivity index (χ2v) is 5.41. The molecule has 106 valence electrons. The van der Waals surface area contributed by atoms with Crippen LogP contribution in [0.4, 0.5) is 0 Å². The van der Waals surface area contributed by atoms with Crippen LogP contribution < -0.4 is 0 Å². The molecule has 0 bridgehead atoms. The summed E-state index contributed by atoms with van der Waals surface area (Å²) in [6, 6.07) is 0. The molecular weight excluding hydrogens is 242 g/mol. The van der Waals surface area contributed by atoms with Crippen LogP contribution in [0.25, 0.3) is 0 Å². The molecule has 0 aromatic heterocycles. The second kappa shape index (κ2) is 9.82. The van der Waals surface area contributed by atoms with Gasteiger partial charge in [-0.1, -0.05) is 13.3 Å². The molecule has 5 nitrogen and oxygen atoms in total. The standard InChI is InChI=1S/C10H24N.CH4O4S/c1-5-8-9-10-11(4,6-2)7-3;1-5-6(2,3)4/h5-10H2,1-4H3;1H3,(H,2,3,4)/q+1;/p-1. The third-order valence-corrected chi connectivity index (χ3v) is 3.44. The number of nitrogens with zero attached hydrogens (tertiary/aromatic N) is 1. The fourth-order valence-electron chi connectivity index (χ4n) is 1.28. The topological polar surface area (TPSA) is 66.4 Å². The van der Waals surface area contributed by atoms with E-state index in [0.717, 1.165) is 7.11 Å². The van der Waals surface area contributed by atoms with Crippen molar-refractivity contribution in [2.75, 3.05) is 33.8 Å². The lowest BCUT2D eigenvalue weighted by atomic mass is 10.2. The summed E-state index contributed by atoms with van der Waals surface area (Å²) in [4.78, 5) is 0. The maximum Gasteiger partial charge on any atom is 0.217 e. The van der Waals surface area contributed by atoms with E-state index in [4.69, 9.17) is 0 Å². The predicted octanol–water partition coefficient (Wildman–Crippen LogP) is 1.76. The molecule has 0 amide bonds. The summed E-state index contributed by atoms with van der Waals surface area (Å²) in [7, 11) is -1.25. The summed E-state index contributed by atoms with van der Waals surface area (Å²) in [5.74, 6) is 0. The highest BCUT2D eigenvalue weighted by molar-refractivity contribution is 7.80. The van der Waals surface area contributed by atoms with E-state index in [1.807, 2.05) is 0 Å². The highest BCUT2D eigenvalue weighted by Crippen LogP contribution is 2.05. The minimum absolute atomic E-state index is 0.808. The minimum Gasteiger partial charge on any atom is -0.726 e. The first-order valence-electron chi connectivity index (χ1n) is 6.09. The van der Waals surface area contributed by atoms with E-state index in [0.29, 0.717) is 0 Å². The number of rotatable bonds is 7. The van der Waals surface area contributed by atoms with Crippen LogP contribution in [0.2, 0.25) is 0 Å². The Morgan fingerprint density at radius 3 is 1.76 bits per heavy atom. The van der Waals surface area contributed by atoms with Crippen LogP contribution in [-0.4, -0.2) is 51.2 Å². The average Bonchev–Trinajstić information content (AvgIpc) is 2.29. The van der Waals surface area contributed by atoms with Gasteiger partial charge in [0.1, 0.15) is 0 Å². The van der Waals surface area contributed by atoms with Crippen molar-refractivity contribution in [3.63, 3.8) is 0 Å². The highest BCUT2D eigenvalue weighted by Gasteiger charge is 2.14. The van der Waals surface area contributed by atoms with Crippen LogP contribution in [0.5, 0.6) is 0 Å². The molecule has 0 aliphatic carbocycles. The monoisotopic (exact) mass is 269 g/mol. The molecule has 0 spiro atoms. The number of quaternary nitrogens is 1. The van der Waals surface area contributed by atoms with Gasteiger partial charge in [-0.15, -0.1) is 0 Å². The van der Waals surface area contributed by atoms with Crippen molar-refractivity contribution in [2.45, 2.75) is 40.0 Å². The molecule has 0 N–H and O–H groups in total. The molecule has 0 aromatic rings. The summed E-state index contributed by atoms with van der Waals surface area (Å²) < 4.78 is 32.3. The Hall–Kier alpha value is -0.170. The Bertz CT molecular complexity index is 261. The van der Waals surface area contributed by atoms with Gasteiger partial charge in [0.05, 0.1) is 33.8 Å². The van der Waals surface area contributed by atoms with Gasteiger partial charge in [-0.25, -0.2) is 8.42 Å². The molecule has 17 heavy (non-hydrogen) atoms. The van der Waals surface area contributed by atoms with Gasteiger partial charge in [0.2, 0.25) is 10.4 Å². The Morgan fingerprint density at radius 2 is 1.53 bits per heavy atom. The maximum absolute atomic E-state index is 9.22. The summed E-state index contributed by atoms with van der Waals surface area (Å²) in [6.45, 7) is 10.8. The van der Waals surface area contributed by atoms with Crippen molar-refractivity contribution in [1.29, 1.82) is 0 Å². The molecule has 0 heterocycles. The third kappa shape index (κ3) is 13.8. The molecule has 0 rings (SSSR count). The highest BCUT2D eigenvalue weighted by atomic mass is 32.3. The van der Waals surface area contributed by atoms with Gasteiger partial charge in [-0.3, -0.25) is 4.18 Å². The molecule has 6 heteroatoms. The molecule has 0 saturated carbocycles. The van der Waals surface area contributed by atoms with E-state index in [1.165, 1.54) is 43.4 Å². The third-order valence-electron chi connectivity index (χ3n) is 3.03. The number of hydrogen-bond acceptors (Lipinski definition) is 4. The summed E-state index contributed by atoms with van der Waals surface area (Å²) in [5.41, 5.74) is 0. The molecule has 0 aliphatic rings. The zero-order valence-corrected chi connectivity index (χ0v) is 12.5. The quantitative estimate of drug-likeness (QED) is 0.306. The summed E-state index contributed by atoms with van der Waals surface area (Å²) in [6.07, 6.45) is 4.13. The minimum atomic E-state index is -4.41. The van der Waals surface area contributed by atoms with Crippen molar-refractivity contribution in [3.8, 4) is 0 Å². The number of hydrogen-bond donors (Lipinski definition) is 0. The Labute approximate surface area is 106 Å². The van der Waals surface area contributed by atoms with Crippen LogP contribution >= 0.6 is 0 Å². The SMILES string of the molecule is CCCCC[N+](C)(CC)CC.COS(=O)(=O)[O-]. The largest absolute Gasteiger partial charge is 0.726 e. The first kappa shape index (κ1) is 19.2. The summed E-state index contributed by atoms with van der Waals surface area (Å²) >= 11 is 0. The molecule has 0 saturated heterocycles. The van der Waals surface area contributed by atoms with Gasteiger partial charge in [-0.05, 0) is 26.7 Å². The Balaban J connectivity index is 0. The number of unbranched alkanes of at least 4 members (excludes halogenated alkanes) is 2. The normalized spacial score (nSPS) is 11.9. The fraction of sp³-hybridized carbons (Fsp3) is 1.00. The van der Waals surface area contributed by atoms with Crippen molar-refractivity contribution < 1.29 is 21.6 Å². The molecule has 0 fully saturated rings. The molecule has 0 aromatic carbocycles. The van der Waals surface area contributed by atoms with Gasteiger partial charge in [-0.2, -0.15) is 0 Å². The zero-order valence-electron chi connectivity index (χ0n) is 11.7. The van der Waals surface area contributed by atoms with E-state index in [2.05, 4.69) is 32.0 Å². The van der Waals surface area contributed by atoms with Crippen molar-refractivity contribution in [1.82, 2.24) is 0 Å². The zero-order chi connectivity index (χ0) is 13.9. The lowest BCUT2D eigenvalue weighted by Gasteiger charge is -2.32. The maximum atomic E-state index is 9.22. The van der Waals surface area contributed by atoms with Gasteiger partial charge in [0.15, 0.2) is 0 Å². The van der Waals surface area contributed by atoms with E-state index in [9.17, 15) is 13.0 Å². The lowest BCUT2D eigenvalue weighted by molar-refractivity contribution is -0.906. The van der Waals surface area contributed by atoms with Crippen molar-refractivity contribution in [2.24, 2.45) is 0 Å². The molecule has 0 aliphatic heterocycles. The fourth-order valence-corrected chi connectivity index (χ4v) is 1.28. The van der Waals surface area contributed by atoms with Crippen molar-refractivity contribution >= 4 is 10.4 Å². The second-order valence-electron chi connectivity index (χ2n) is 4.26. The van der Waals surface area contributed by atoms with Gasteiger partial charge in [0.25, 0.3) is 0 Å². The first-order chi connectivity index (χ1) is 7.74. The van der Waals surface area contributed by atoms with Gasteiger partial charge < -0.3 is 9.04 Å². The van der Waals surface area contributed by atoms with Crippen LogP contribution in [0.3, 0.4) is 0 Å². The lowest BCUT2D eigenvalue weighted by Crippen LogP contribution is -2.44. The van der Waals surface area contributed by atoms with Gasteiger partial charge in [0, 0.05) is 0 Å². The van der Waals surface area contributed by atoms with E-state index < -0.39 is 10.4 Å². The smallest absolute Gasteiger partial charge is 0.217 e. The first-order valence-corrected chi connectivity index (χ1v) is 7.43. The van der Waals surface area contributed by atoms with Gasteiger partial charge >= 0.3 is 0 Å². The summed E-state index contributed by atoms with van der Waals surface area (Å²) in [5, 5.41) is 0. The van der Waals surface area contributed by atoms with Crippen LogP contribution in [0, 0.1) is 0 Å². The molecule has 0 unspecified atom stereocenters. The Morgan fingerprint density at radius 1 is 1.12 bits per heavy atom. The van der Waals surface area contributed by atoms with E-state index in [-0.39, 0.29) is 0 Å². The van der Waals surface area contributed by atoms with E-state index in [1.54, 1.807) is 0 Å². The van der Waals surface area contributed by atoms with Crippen LogP contribution in [0.15, 0.2) is 0 Å². The molecule has 0 radical (unpaired) electrons. The van der Waals surface area contributed by atoms with Crippen molar-refractivity contribution in [3.05, 3.63) is 0 Å². The van der Waals surface area contributed by atoms with E-state index >= 15 is 0 Å². The predicted molar refractivity (Wildman–Crippen MR) is 68.4 cm³/mol. The average molecular weight is 269 g/mol. The van der Waals surface area contributed by atoms with Crippen LogP contribution in [0.1, 0.15) is 40.0 Å². The Kier molecular flexibility index (Phi) is 11.1. The molecular formula is C11H27NO4S. The molecule has 0 atom stereocenters. The van der Waals surface area contributed by atoms with Crippen LogP contribution in [-0.2, 0) is 14.6 Å².